The lowest BCUT2D eigenvalue weighted by Gasteiger charge is -2.35. The maximum atomic E-state index is 13.6. The van der Waals surface area contributed by atoms with Crippen molar-refractivity contribution in [3.8, 4) is 0 Å². The molecule has 1 saturated heterocycles. The molecule has 7 heteroatoms. The van der Waals surface area contributed by atoms with Gasteiger partial charge in [-0.05, 0) is 32.0 Å². The molecule has 0 aromatic heterocycles. The predicted octanol–water partition coefficient (Wildman–Crippen LogP) is 2.38. The number of carbonyl (C=O) groups is 2. The second-order valence-electron chi connectivity index (χ2n) is 5.26. The summed E-state index contributed by atoms with van der Waals surface area (Å²) in [6.45, 7) is 4.24. The van der Waals surface area contributed by atoms with E-state index in [1.807, 2.05) is 13.8 Å². The van der Waals surface area contributed by atoms with Gasteiger partial charge in [0.15, 0.2) is 6.61 Å². The summed E-state index contributed by atoms with van der Waals surface area (Å²) in [5, 5.41) is 0. The van der Waals surface area contributed by atoms with E-state index < -0.39 is 18.4 Å². The van der Waals surface area contributed by atoms with E-state index in [4.69, 9.17) is 9.47 Å². The minimum Gasteiger partial charge on any atom is -0.452 e. The SMILES string of the molecule is C[C@@H]1CN(C(=O)COC(=O)c2ccc(Br)cc2F)C[C@@H](C)O1. The number of ether oxygens (including phenoxy) is 2. The molecule has 1 amide bonds. The molecule has 0 unspecified atom stereocenters. The third-order valence-electron chi connectivity index (χ3n) is 3.25. The van der Waals surface area contributed by atoms with Crippen LogP contribution in [0.3, 0.4) is 0 Å². The Bertz CT molecular complexity index is 571. The summed E-state index contributed by atoms with van der Waals surface area (Å²) in [6.07, 6.45) is -0.125. The molecule has 0 N–H and O–H groups in total. The largest absolute Gasteiger partial charge is 0.452 e. The fourth-order valence-electron chi connectivity index (χ4n) is 2.33. The van der Waals surface area contributed by atoms with Gasteiger partial charge < -0.3 is 14.4 Å². The van der Waals surface area contributed by atoms with Gasteiger partial charge in [0.05, 0.1) is 17.8 Å². The molecule has 0 aliphatic carbocycles. The van der Waals surface area contributed by atoms with Crippen molar-refractivity contribution in [2.75, 3.05) is 19.7 Å². The Morgan fingerprint density at radius 3 is 2.59 bits per heavy atom. The van der Waals surface area contributed by atoms with Gasteiger partial charge in [0.25, 0.3) is 5.91 Å². The summed E-state index contributed by atoms with van der Waals surface area (Å²) >= 11 is 3.11. The Labute approximate surface area is 136 Å². The maximum Gasteiger partial charge on any atom is 0.341 e. The van der Waals surface area contributed by atoms with Gasteiger partial charge >= 0.3 is 5.97 Å². The van der Waals surface area contributed by atoms with Gasteiger partial charge in [-0.2, -0.15) is 0 Å². The summed E-state index contributed by atoms with van der Waals surface area (Å²) in [7, 11) is 0. The number of benzene rings is 1. The van der Waals surface area contributed by atoms with Crippen LogP contribution in [0.5, 0.6) is 0 Å². The standard InChI is InChI=1S/C15H17BrFNO4/c1-9-6-18(7-10(2)22-9)14(19)8-21-15(20)12-4-3-11(16)5-13(12)17/h3-5,9-10H,6-8H2,1-2H3/t9-,10-/m1/s1. The first-order valence-corrected chi connectivity index (χ1v) is 7.71. The van der Waals surface area contributed by atoms with Crippen molar-refractivity contribution in [2.45, 2.75) is 26.1 Å². The highest BCUT2D eigenvalue weighted by Crippen LogP contribution is 2.16. The lowest BCUT2D eigenvalue weighted by molar-refractivity contribution is -0.146. The highest BCUT2D eigenvalue weighted by molar-refractivity contribution is 9.10. The Morgan fingerprint density at radius 2 is 2.00 bits per heavy atom. The average Bonchev–Trinajstić information content (AvgIpc) is 2.43. The van der Waals surface area contributed by atoms with E-state index in [-0.39, 0.29) is 23.7 Å². The highest BCUT2D eigenvalue weighted by Gasteiger charge is 2.26. The monoisotopic (exact) mass is 373 g/mol. The number of rotatable bonds is 3. The lowest BCUT2D eigenvalue weighted by Crippen LogP contribution is -2.49. The Hall–Kier alpha value is -1.47. The summed E-state index contributed by atoms with van der Waals surface area (Å²) in [5.41, 5.74) is -0.195. The van der Waals surface area contributed by atoms with Crippen LogP contribution in [0.1, 0.15) is 24.2 Å². The molecule has 1 aromatic carbocycles. The van der Waals surface area contributed by atoms with Crippen LogP contribution in [-0.2, 0) is 14.3 Å². The van der Waals surface area contributed by atoms with Crippen molar-refractivity contribution < 1.29 is 23.5 Å². The number of amides is 1. The maximum absolute atomic E-state index is 13.6. The van der Waals surface area contributed by atoms with Crippen molar-refractivity contribution in [1.82, 2.24) is 4.90 Å². The summed E-state index contributed by atoms with van der Waals surface area (Å²) < 4.78 is 24.6. The van der Waals surface area contributed by atoms with Crippen molar-refractivity contribution in [2.24, 2.45) is 0 Å². The average molecular weight is 374 g/mol. The van der Waals surface area contributed by atoms with E-state index >= 15 is 0 Å². The van der Waals surface area contributed by atoms with Gasteiger partial charge in [0.2, 0.25) is 0 Å². The van der Waals surface area contributed by atoms with E-state index in [2.05, 4.69) is 15.9 Å². The minimum absolute atomic E-state index is 0.0627. The van der Waals surface area contributed by atoms with Gasteiger partial charge in [-0.1, -0.05) is 15.9 Å². The molecule has 1 heterocycles. The van der Waals surface area contributed by atoms with Crippen LogP contribution in [-0.4, -0.2) is 48.7 Å². The van der Waals surface area contributed by atoms with Crippen LogP contribution in [0, 0.1) is 5.82 Å². The molecule has 5 nitrogen and oxygen atoms in total. The highest BCUT2D eigenvalue weighted by atomic mass is 79.9. The van der Waals surface area contributed by atoms with Crippen molar-refractivity contribution >= 4 is 27.8 Å². The van der Waals surface area contributed by atoms with Crippen molar-refractivity contribution in [1.29, 1.82) is 0 Å². The number of halogens is 2. The van der Waals surface area contributed by atoms with Crippen molar-refractivity contribution in [3.05, 3.63) is 34.1 Å². The van der Waals surface area contributed by atoms with E-state index in [0.29, 0.717) is 17.6 Å². The van der Waals surface area contributed by atoms with Crippen LogP contribution in [0.2, 0.25) is 0 Å². The van der Waals surface area contributed by atoms with Gasteiger partial charge in [0.1, 0.15) is 5.82 Å². The fourth-order valence-corrected chi connectivity index (χ4v) is 2.67. The van der Waals surface area contributed by atoms with E-state index in [1.165, 1.54) is 18.2 Å². The molecular formula is C15H17BrFNO4. The lowest BCUT2D eigenvalue weighted by atomic mass is 10.2. The quantitative estimate of drug-likeness (QED) is 0.763. The molecule has 1 fully saturated rings. The zero-order valence-electron chi connectivity index (χ0n) is 12.3. The molecule has 120 valence electrons. The molecule has 0 radical (unpaired) electrons. The van der Waals surface area contributed by atoms with Crippen LogP contribution in [0.15, 0.2) is 22.7 Å². The Morgan fingerprint density at radius 1 is 1.36 bits per heavy atom. The van der Waals surface area contributed by atoms with Gasteiger partial charge in [0, 0.05) is 17.6 Å². The van der Waals surface area contributed by atoms with Crippen LogP contribution < -0.4 is 0 Å². The van der Waals surface area contributed by atoms with Gasteiger partial charge in [-0.15, -0.1) is 0 Å². The van der Waals surface area contributed by atoms with Crippen LogP contribution in [0.4, 0.5) is 4.39 Å². The van der Waals surface area contributed by atoms with Crippen LogP contribution in [0.25, 0.3) is 0 Å². The summed E-state index contributed by atoms with van der Waals surface area (Å²) in [6, 6.07) is 4.02. The molecule has 0 bridgehead atoms. The topological polar surface area (TPSA) is 55.8 Å². The smallest absolute Gasteiger partial charge is 0.341 e. The molecule has 1 aromatic rings. The first-order chi connectivity index (χ1) is 10.4. The number of hydrogen-bond acceptors (Lipinski definition) is 4. The number of esters is 1. The molecule has 2 atom stereocenters. The summed E-state index contributed by atoms with van der Waals surface area (Å²) in [5.74, 6) is -1.86. The zero-order valence-corrected chi connectivity index (χ0v) is 13.9. The number of carbonyl (C=O) groups excluding carboxylic acids is 2. The second-order valence-corrected chi connectivity index (χ2v) is 6.17. The first-order valence-electron chi connectivity index (χ1n) is 6.92. The number of morpholine rings is 1. The van der Waals surface area contributed by atoms with E-state index in [9.17, 15) is 14.0 Å². The normalized spacial score (nSPS) is 21.5. The molecule has 1 aliphatic rings. The first kappa shape index (κ1) is 16.9. The van der Waals surface area contributed by atoms with Gasteiger partial charge in [-0.25, -0.2) is 9.18 Å². The van der Waals surface area contributed by atoms with E-state index in [0.717, 1.165) is 0 Å². The third-order valence-corrected chi connectivity index (χ3v) is 3.74. The Balaban J connectivity index is 1.91. The fraction of sp³-hybridized carbons (Fsp3) is 0.467. The number of hydrogen-bond donors (Lipinski definition) is 0. The molecule has 0 saturated carbocycles. The van der Waals surface area contributed by atoms with E-state index in [1.54, 1.807) is 4.90 Å². The van der Waals surface area contributed by atoms with Crippen LogP contribution >= 0.6 is 15.9 Å². The summed E-state index contributed by atoms with van der Waals surface area (Å²) in [4.78, 5) is 25.5. The molecule has 22 heavy (non-hydrogen) atoms. The molecule has 0 spiro atoms. The third kappa shape index (κ3) is 4.27. The molecule has 2 rings (SSSR count). The van der Waals surface area contributed by atoms with Gasteiger partial charge in [-0.3, -0.25) is 4.79 Å². The minimum atomic E-state index is -0.854. The molecule has 1 aliphatic heterocycles. The second kappa shape index (κ2) is 7.19. The predicted molar refractivity (Wildman–Crippen MR) is 81.0 cm³/mol. The zero-order chi connectivity index (χ0) is 16.3. The number of nitrogens with zero attached hydrogens (tertiary/aromatic N) is 1. The molecular weight excluding hydrogens is 357 g/mol. The van der Waals surface area contributed by atoms with Crippen molar-refractivity contribution in [3.63, 3.8) is 0 Å². The Kier molecular flexibility index (Phi) is 5.52.